The molecule has 0 bridgehead atoms. The van der Waals surface area contributed by atoms with Crippen molar-refractivity contribution in [1.29, 1.82) is 0 Å². The number of benzene rings is 2. The SMILES string of the molecule is CCOc1ccccc1NC(=O)Nc1cccc(-c2cn3cccc(C)c3n2)c1. The normalized spacial score (nSPS) is 10.7. The van der Waals surface area contributed by atoms with Gasteiger partial charge in [0.1, 0.15) is 11.4 Å². The van der Waals surface area contributed by atoms with E-state index >= 15 is 0 Å². The van der Waals surface area contributed by atoms with Crippen LogP contribution in [0.25, 0.3) is 16.9 Å². The fourth-order valence-electron chi connectivity index (χ4n) is 3.18. The lowest BCUT2D eigenvalue weighted by Crippen LogP contribution is -2.19. The number of imidazole rings is 1. The number of carbonyl (C=O) groups excluding carboxylic acids is 1. The van der Waals surface area contributed by atoms with E-state index in [0.717, 1.165) is 22.5 Å². The molecule has 6 heteroatoms. The summed E-state index contributed by atoms with van der Waals surface area (Å²) in [5.41, 5.74) is 5.12. The van der Waals surface area contributed by atoms with E-state index in [0.29, 0.717) is 23.7 Å². The Kier molecular flexibility index (Phi) is 5.16. The van der Waals surface area contributed by atoms with Gasteiger partial charge in [0.15, 0.2) is 0 Å². The number of carbonyl (C=O) groups is 1. The summed E-state index contributed by atoms with van der Waals surface area (Å²) in [7, 11) is 0. The van der Waals surface area contributed by atoms with Crippen LogP contribution in [0.15, 0.2) is 73.1 Å². The molecule has 0 fully saturated rings. The first kappa shape index (κ1) is 18.6. The molecule has 2 aromatic heterocycles. The van der Waals surface area contributed by atoms with E-state index in [1.807, 2.05) is 85.2 Å². The number of urea groups is 1. The van der Waals surface area contributed by atoms with Crippen molar-refractivity contribution in [3.05, 3.63) is 78.6 Å². The van der Waals surface area contributed by atoms with Crippen molar-refractivity contribution in [3.63, 3.8) is 0 Å². The third kappa shape index (κ3) is 4.06. The highest BCUT2D eigenvalue weighted by Gasteiger charge is 2.10. The van der Waals surface area contributed by atoms with Crippen molar-refractivity contribution in [3.8, 4) is 17.0 Å². The van der Waals surface area contributed by atoms with Gasteiger partial charge in [-0.3, -0.25) is 0 Å². The van der Waals surface area contributed by atoms with Gasteiger partial charge in [0, 0.05) is 23.6 Å². The van der Waals surface area contributed by atoms with Crippen molar-refractivity contribution < 1.29 is 9.53 Å². The van der Waals surface area contributed by atoms with E-state index in [-0.39, 0.29) is 6.03 Å². The smallest absolute Gasteiger partial charge is 0.323 e. The summed E-state index contributed by atoms with van der Waals surface area (Å²) >= 11 is 0. The predicted molar refractivity (Wildman–Crippen MR) is 116 cm³/mol. The second-order valence-corrected chi connectivity index (χ2v) is 6.64. The van der Waals surface area contributed by atoms with Crippen LogP contribution in [0.4, 0.5) is 16.2 Å². The molecule has 0 saturated carbocycles. The largest absolute Gasteiger partial charge is 0.492 e. The van der Waals surface area contributed by atoms with Crippen LogP contribution in [0.3, 0.4) is 0 Å². The van der Waals surface area contributed by atoms with Gasteiger partial charge in [0.2, 0.25) is 0 Å². The van der Waals surface area contributed by atoms with Crippen molar-refractivity contribution >= 4 is 23.1 Å². The molecule has 2 N–H and O–H groups in total. The van der Waals surface area contributed by atoms with Crippen LogP contribution in [0, 0.1) is 6.92 Å². The van der Waals surface area contributed by atoms with Crippen LogP contribution in [-0.4, -0.2) is 22.0 Å². The van der Waals surface area contributed by atoms with Gasteiger partial charge in [0.05, 0.1) is 18.0 Å². The molecule has 0 saturated heterocycles. The summed E-state index contributed by atoms with van der Waals surface area (Å²) in [6.07, 6.45) is 3.96. The van der Waals surface area contributed by atoms with Crippen LogP contribution in [-0.2, 0) is 0 Å². The van der Waals surface area contributed by atoms with Crippen molar-refractivity contribution in [2.24, 2.45) is 0 Å². The number of anilines is 2. The number of pyridine rings is 1. The topological polar surface area (TPSA) is 67.7 Å². The van der Waals surface area contributed by atoms with Gasteiger partial charge in [-0.15, -0.1) is 0 Å². The summed E-state index contributed by atoms with van der Waals surface area (Å²) in [5, 5.41) is 5.71. The van der Waals surface area contributed by atoms with E-state index < -0.39 is 0 Å². The van der Waals surface area contributed by atoms with E-state index in [1.165, 1.54) is 0 Å². The van der Waals surface area contributed by atoms with E-state index in [1.54, 1.807) is 6.07 Å². The van der Waals surface area contributed by atoms with E-state index in [4.69, 9.17) is 9.72 Å². The molecule has 0 aliphatic carbocycles. The van der Waals surface area contributed by atoms with Crippen LogP contribution >= 0.6 is 0 Å². The molecule has 0 aliphatic heterocycles. The maximum absolute atomic E-state index is 12.5. The third-order valence-corrected chi connectivity index (χ3v) is 4.53. The zero-order valence-electron chi connectivity index (χ0n) is 16.3. The summed E-state index contributed by atoms with van der Waals surface area (Å²) in [4.78, 5) is 17.2. The molecule has 146 valence electrons. The first-order valence-electron chi connectivity index (χ1n) is 9.48. The van der Waals surface area contributed by atoms with Gasteiger partial charge >= 0.3 is 6.03 Å². The maximum Gasteiger partial charge on any atom is 0.323 e. The highest BCUT2D eigenvalue weighted by atomic mass is 16.5. The number of para-hydroxylation sites is 2. The molecule has 0 aliphatic rings. The Bertz CT molecular complexity index is 1170. The van der Waals surface area contributed by atoms with Crippen molar-refractivity contribution in [1.82, 2.24) is 9.38 Å². The van der Waals surface area contributed by atoms with Crippen molar-refractivity contribution in [2.45, 2.75) is 13.8 Å². The number of rotatable bonds is 5. The highest BCUT2D eigenvalue weighted by Crippen LogP contribution is 2.25. The van der Waals surface area contributed by atoms with Crippen LogP contribution in [0.5, 0.6) is 5.75 Å². The minimum atomic E-state index is -0.333. The Morgan fingerprint density at radius 2 is 1.93 bits per heavy atom. The van der Waals surface area contributed by atoms with Gasteiger partial charge in [0.25, 0.3) is 0 Å². The summed E-state index contributed by atoms with van der Waals surface area (Å²) in [6.45, 7) is 4.47. The first-order valence-corrected chi connectivity index (χ1v) is 9.48. The van der Waals surface area contributed by atoms with E-state index in [2.05, 4.69) is 10.6 Å². The minimum absolute atomic E-state index is 0.333. The number of hydrogen-bond donors (Lipinski definition) is 2. The lowest BCUT2D eigenvalue weighted by Gasteiger charge is -2.12. The van der Waals surface area contributed by atoms with E-state index in [9.17, 15) is 4.79 Å². The minimum Gasteiger partial charge on any atom is -0.492 e. The molecule has 0 unspecified atom stereocenters. The predicted octanol–water partition coefficient (Wildman–Crippen LogP) is 5.35. The standard InChI is InChI=1S/C23H22N4O2/c1-3-29-21-12-5-4-11-19(21)26-23(28)24-18-10-6-9-17(14-18)20-15-27-13-7-8-16(2)22(27)25-20/h4-15H,3H2,1-2H3,(H2,24,26,28). The number of fused-ring (bicyclic) bond motifs is 1. The van der Waals surface area contributed by atoms with Crippen molar-refractivity contribution in [2.75, 3.05) is 17.2 Å². The van der Waals surface area contributed by atoms with Gasteiger partial charge in [-0.25, -0.2) is 9.78 Å². The summed E-state index contributed by atoms with van der Waals surface area (Å²) < 4.78 is 7.55. The van der Waals surface area contributed by atoms with Gasteiger partial charge < -0.3 is 19.8 Å². The lowest BCUT2D eigenvalue weighted by molar-refractivity contribution is 0.262. The molecular weight excluding hydrogens is 364 g/mol. The molecule has 0 radical (unpaired) electrons. The van der Waals surface area contributed by atoms with Crippen LogP contribution in [0.2, 0.25) is 0 Å². The molecular formula is C23H22N4O2. The molecule has 0 spiro atoms. The zero-order chi connectivity index (χ0) is 20.2. The lowest BCUT2D eigenvalue weighted by atomic mass is 10.1. The molecule has 6 nitrogen and oxygen atoms in total. The molecule has 0 atom stereocenters. The number of hydrogen-bond acceptors (Lipinski definition) is 3. The zero-order valence-corrected chi connectivity index (χ0v) is 16.3. The fourth-order valence-corrected chi connectivity index (χ4v) is 3.18. The Hall–Kier alpha value is -3.80. The van der Waals surface area contributed by atoms with Crippen LogP contribution in [0.1, 0.15) is 12.5 Å². The van der Waals surface area contributed by atoms with Crippen LogP contribution < -0.4 is 15.4 Å². The molecule has 29 heavy (non-hydrogen) atoms. The highest BCUT2D eigenvalue weighted by molar-refractivity contribution is 6.01. The average molecular weight is 386 g/mol. The number of nitrogens with one attached hydrogen (secondary N) is 2. The maximum atomic E-state index is 12.5. The second-order valence-electron chi connectivity index (χ2n) is 6.64. The Balaban J connectivity index is 1.53. The monoisotopic (exact) mass is 386 g/mol. The first-order chi connectivity index (χ1) is 14.1. The van der Waals surface area contributed by atoms with Gasteiger partial charge in [-0.05, 0) is 49.7 Å². The number of aryl methyl sites for hydroxylation is 1. The molecule has 2 amide bonds. The third-order valence-electron chi connectivity index (χ3n) is 4.53. The molecule has 4 aromatic rings. The van der Waals surface area contributed by atoms with Gasteiger partial charge in [-0.1, -0.05) is 30.3 Å². The number of amides is 2. The Morgan fingerprint density at radius 3 is 2.76 bits per heavy atom. The molecule has 4 rings (SSSR count). The second kappa shape index (κ2) is 8.06. The molecule has 2 heterocycles. The van der Waals surface area contributed by atoms with Gasteiger partial charge in [-0.2, -0.15) is 0 Å². The quantitative estimate of drug-likeness (QED) is 0.486. The Morgan fingerprint density at radius 1 is 1.07 bits per heavy atom. The summed E-state index contributed by atoms with van der Waals surface area (Å²) in [6, 6.07) is 18.7. The molecule has 2 aromatic carbocycles. The number of ether oxygens (including phenoxy) is 1. The Labute approximate surface area is 169 Å². The number of aromatic nitrogens is 2. The average Bonchev–Trinajstić information content (AvgIpc) is 3.16. The number of nitrogens with zero attached hydrogens (tertiary/aromatic N) is 2. The summed E-state index contributed by atoms with van der Waals surface area (Å²) in [5.74, 6) is 0.638. The fraction of sp³-hybridized carbons (Fsp3) is 0.130.